The van der Waals surface area contributed by atoms with Gasteiger partial charge in [0.15, 0.2) is 11.5 Å². The van der Waals surface area contributed by atoms with Crippen molar-refractivity contribution in [3.05, 3.63) is 58.6 Å². The Morgan fingerprint density at radius 3 is 2.50 bits per heavy atom. The zero-order valence-electron chi connectivity index (χ0n) is 11.3. The first-order chi connectivity index (χ1) is 9.56. The molecule has 2 aromatic carbocycles. The van der Waals surface area contributed by atoms with Gasteiger partial charge in [0, 0.05) is 23.2 Å². The SMILES string of the molecule is CC(Cc1ccc(Cl)cc1)NCc1cccc(O)c1O. The van der Waals surface area contributed by atoms with E-state index in [0.29, 0.717) is 12.1 Å². The van der Waals surface area contributed by atoms with Crippen LogP contribution in [0.3, 0.4) is 0 Å². The summed E-state index contributed by atoms with van der Waals surface area (Å²) in [6.45, 7) is 2.59. The molecule has 106 valence electrons. The maximum Gasteiger partial charge on any atom is 0.161 e. The highest BCUT2D eigenvalue weighted by atomic mass is 35.5. The number of hydrogen-bond donors (Lipinski definition) is 3. The summed E-state index contributed by atoms with van der Waals surface area (Å²) >= 11 is 5.85. The summed E-state index contributed by atoms with van der Waals surface area (Å²) in [7, 11) is 0. The minimum atomic E-state index is -0.0883. The Morgan fingerprint density at radius 1 is 1.10 bits per heavy atom. The lowest BCUT2D eigenvalue weighted by atomic mass is 10.1. The molecule has 0 spiro atoms. The first kappa shape index (κ1) is 14.7. The maximum absolute atomic E-state index is 9.73. The van der Waals surface area contributed by atoms with Crippen LogP contribution in [0.1, 0.15) is 18.1 Å². The lowest BCUT2D eigenvalue weighted by Gasteiger charge is -2.15. The molecule has 2 rings (SSSR count). The molecule has 0 aliphatic rings. The molecule has 3 nitrogen and oxygen atoms in total. The van der Waals surface area contributed by atoms with Crippen LogP contribution in [0.5, 0.6) is 11.5 Å². The Labute approximate surface area is 123 Å². The Hall–Kier alpha value is -1.71. The fraction of sp³-hybridized carbons (Fsp3) is 0.250. The topological polar surface area (TPSA) is 52.5 Å². The van der Waals surface area contributed by atoms with Crippen LogP contribution in [0.4, 0.5) is 0 Å². The van der Waals surface area contributed by atoms with Gasteiger partial charge in [0.25, 0.3) is 0 Å². The molecule has 0 saturated carbocycles. The standard InChI is InChI=1S/C16H18ClNO2/c1-11(9-12-5-7-14(17)8-6-12)18-10-13-3-2-4-15(19)16(13)20/h2-8,11,18-20H,9-10H2,1H3. The minimum Gasteiger partial charge on any atom is -0.504 e. The number of para-hydroxylation sites is 1. The molecule has 4 heteroatoms. The van der Waals surface area contributed by atoms with Crippen LogP contribution in [-0.4, -0.2) is 16.3 Å². The molecule has 2 aromatic rings. The number of nitrogens with one attached hydrogen (secondary N) is 1. The second-order valence-corrected chi connectivity index (χ2v) is 5.33. The maximum atomic E-state index is 9.73. The number of phenolic OH excluding ortho intramolecular Hbond substituents is 2. The van der Waals surface area contributed by atoms with Crippen LogP contribution in [0.2, 0.25) is 5.02 Å². The lowest BCUT2D eigenvalue weighted by molar-refractivity contribution is 0.396. The first-order valence-corrected chi connectivity index (χ1v) is 6.91. The van der Waals surface area contributed by atoms with Crippen LogP contribution in [-0.2, 0) is 13.0 Å². The fourth-order valence-electron chi connectivity index (χ4n) is 2.05. The van der Waals surface area contributed by atoms with Crippen molar-refractivity contribution in [2.45, 2.75) is 25.9 Å². The van der Waals surface area contributed by atoms with Crippen LogP contribution in [0, 0.1) is 0 Å². The normalized spacial score (nSPS) is 12.3. The van der Waals surface area contributed by atoms with Crippen molar-refractivity contribution in [2.75, 3.05) is 0 Å². The van der Waals surface area contributed by atoms with Crippen LogP contribution in [0.15, 0.2) is 42.5 Å². The van der Waals surface area contributed by atoms with Crippen molar-refractivity contribution in [1.82, 2.24) is 5.32 Å². The third-order valence-electron chi connectivity index (χ3n) is 3.19. The van der Waals surface area contributed by atoms with Gasteiger partial charge in [0.05, 0.1) is 0 Å². The van der Waals surface area contributed by atoms with E-state index in [1.807, 2.05) is 24.3 Å². The molecule has 1 atom stereocenters. The molecule has 20 heavy (non-hydrogen) atoms. The van der Waals surface area contributed by atoms with Gasteiger partial charge in [0.2, 0.25) is 0 Å². The second kappa shape index (κ2) is 6.64. The van der Waals surface area contributed by atoms with Gasteiger partial charge in [-0.2, -0.15) is 0 Å². The average Bonchev–Trinajstić information content (AvgIpc) is 2.43. The Morgan fingerprint density at radius 2 is 1.80 bits per heavy atom. The molecule has 0 radical (unpaired) electrons. The quantitative estimate of drug-likeness (QED) is 0.739. The highest BCUT2D eigenvalue weighted by Crippen LogP contribution is 2.28. The summed E-state index contributed by atoms with van der Waals surface area (Å²) in [5, 5.41) is 23.2. The molecule has 0 heterocycles. The number of hydrogen-bond acceptors (Lipinski definition) is 3. The van der Waals surface area contributed by atoms with Crippen molar-refractivity contribution in [2.24, 2.45) is 0 Å². The van der Waals surface area contributed by atoms with Crippen molar-refractivity contribution >= 4 is 11.6 Å². The molecule has 0 saturated heterocycles. The molecule has 1 unspecified atom stereocenters. The third-order valence-corrected chi connectivity index (χ3v) is 3.45. The fourth-order valence-corrected chi connectivity index (χ4v) is 2.18. The highest BCUT2D eigenvalue weighted by Gasteiger charge is 2.08. The van der Waals surface area contributed by atoms with Crippen molar-refractivity contribution in [1.29, 1.82) is 0 Å². The zero-order valence-corrected chi connectivity index (χ0v) is 12.1. The van der Waals surface area contributed by atoms with E-state index >= 15 is 0 Å². The van der Waals surface area contributed by atoms with Gasteiger partial charge in [-0.1, -0.05) is 35.9 Å². The molecule has 0 fully saturated rings. The summed E-state index contributed by atoms with van der Waals surface area (Å²) in [6.07, 6.45) is 0.872. The lowest BCUT2D eigenvalue weighted by Crippen LogP contribution is -2.27. The van der Waals surface area contributed by atoms with Gasteiger partial charge in [-0.25, -0.2) is 0 Å². The second-order valence-electron chi connectivity index (χ2n) is 4.90. The Kier molecular flexibility index (Phi) is 4.88. The van der Waals surface area contributed by atoms with Gasteiger partial charge in [-0.05, 0) is 37.1 Å². The van der Waals surface area contributed by atoms with Gasteiger partial charge in [0.1, 0.15) is 0 Å². The summed E-state index contributed by atoms with van der Waals surface area (Å²) in [4.78, 5) is 0. The summed E-state index contributed by atoms with van der Waals surface area (Å²) in [5.74, 6) is -0.145. The van der Waals surface area contributed by atoms with Crippen LogP contribution < -0.4 is 5.32 Å². The summed E-state index contributed by atoms with van der Waals surface area (Å²) in [5.41, 5.74) is 1.89. The van der Waals surface area contributed by atoms with E-state index in [1.165, 1.54) is 11.6 Å². The number of halogens is 1. The number of phenols is 2. The molecular formula is C16H18ClNO2. The van der Waals surface area contributed by atoms with E-state index in [-0.39, 0.29) is 17.5 Å². The smallest absolute Gasteiger partial charge is 0.161 e. The number of aromatic hydroxyl groups is 2. The number of rotatable bonds is 5. The predicted octanol–water partition coefficient (Wildman–Crippen LogP) is 3.47. The molecule has 0 aliphatic carbocycles. The van der Waals surface area contributed by atoms with E-state index in [1.54, 1.807) is 12.1 Å². The van der Waals surface area contributed by atoms with E-state index < -0.39 is 0 Å². The third kappa shape index (κ3) is 3.89. The largest absolute Gasteiger partial charge is 0.504 e. The zero-order chi connectivity index (χ0) is 14.5. The molecule has 0 bridgehead atoms. The van der Waals surface area contributed by atoms with Gasteiger partial charge in [-0.3, -0.25) is 0 Å². The van der Waals surface area contributed by atoms with E-state index in [9.17, 15) is 10.2 Å². The number of benzene rings is 2. The van der Waals surface area contributed by atoms with Crippen LogP contribution >= 0.6 is 11.6 Å². The van der Waals surface area contributed by atoms with Crippen molar-refractivity contribution in [3.8, 4) is 11.5 Å². The molecule has 0 aromatic heterocycles. The summed E-state index contributed by atoms with van der Waals surface area (Å²) in [6, 6.07) is 13.0. The molecule has 0 amide bonds. The molecular weight excluding hydrogens is 274 g/mol. The van der Waals surface area contributed by atoms with Gasteiger partial charge >= 0.3 is 0 Å². The van der Waals surface area contributed by atoms with Gasteiger partial charge in [-0.15, -0.1) is 0 Å². The van der Waals surface area contributed by atoms with E-state index in [2.05, 4.69) is 12.2 Å². The van der Waals surface area contributed by atoms with Crippen LogP contribution in [0.25, 0.3) is 0 Å². The molecule has 3 N–H and O–H groups in total. The average molecular weight is 292 g/mol. The monoisotopic (exact) mass is 291 g/mol. The van der Waals surface area contributed by atoms with E-state index in [0.717, 1.165) is 11.4 Å². The Balaban J connectivity index is 1.90. The Bertz CT molecular complexity index is 569. The minimum absolute atomic E-state index is 0.0568. The van der Waals surface area contributed by atoms with Crippen molar-refractivity contribution < 1.29 is 10.2 Å². The van der Waals surface area contributed by atoms with Crippen molar-refractivity contribution in [3.63, 3.8) is 0 Å². The van der Waals surface area contributed by atoms with E-state index in [4.69, 9.17) is 11.6 Å². The predicted molar refractivity (Wildman–Crippen MR) is 81.2 cm³/mol. The summed E-state index contributed by atoms with van der Waals surface area (Å²) < 4.78 is 0. The highest BCUT2D eigenvalue weighted by molar-refractivity contribution is 6.30. The first-order valence-electron chi connectivity index (χ1n) is 6.54. The molecule has 0 aliphatic heterocycles. The van der Waals surface area contributed by atoms with Gasteiger partial charge < -0.3 is 15.5 Å².